The number of nitrogens with one attached hydrogen (secondary N) is 1. The first kappa shape index (κ1) is 19.9. The molecule has 1 atom stereocenters. The average Bonchev–Trinajstić information content (AvgIpc) is 3.27. The van der Waals surface area contributed by atoms with Crippen molar-refractivity contribution in [2.24, 2.45) is 0 Å². The van der Waals surface area contributed by atoms with Gasteiger partial charge in [0.25, 0.3) is 5.91 Å². The number of aryl methyl sites for hydroxylation is 1. The second kappa shape index (κ2) is 9.88. The summed E-state index contributed by atoms with van der Waals surface area (Å²) in [6.45, 7) is 4.93. The molecule has 7 heteroatoms. The number of carbonyl (C=O) groups excluding carboxylic acids is 1. The zero-order valence-corrected chi connectivity index (χ0v) is 16.4. The van der Waals surface area contributed by atoms with Crippen molar-refractivity contribution < 1.29 is 14.3 Å². The summed E-state index contributed by atoms with van der Waals surface area (Å²) < 4.78 is 12.8. The molecule has 0 saturated carbocycles. The second-order valence-corrected chi connectivity index (χ2v) is 7.07. The molecule has 1 aliphatic heterocycles. The van der Waals surface area contributed by atoms with Gasteiger partial charge >= 0.3 is 0 Å². The maximum absolute atomic E-state index is 12.5. The van der Waals surface area contributed by atoms with Crippen molar-refractivity contribution in [3.05, 3.63) is 52.3 Å². The summed E-state index contributed by atoms with van der Waals surface area (Å²) in [5.41, 5.74) is 2.15. The molecule has 1 amide bonds. The Kier molecular flexibility index (Phi) is 7.26. The molecule has 3 rings (SSSR count). The van der Waals surface area contributed by atoms with Gasteiger partial charge in [0.05, 0.1) is 30.5 Å². The highest BCUT2D eigenvalue weighted by Crippen LogP contribution is 2.21. The Hall–Kier alpha value is -1.89. The van der Waals surface area contributed by atoms with Crippen LogP contribution in [0.4, 0.5) is 0 Å². The van der Waals surface area contributed by atoms with E-state index in [9.17, 15) is 4.79 Å². The summed E-state index contributed by atoms with van der Waals surface area (Å²) in [5.74, 6) is -0.198. The molecule has 146 valence electrons. The van der Waals surface area contributed by atoms with Gasteiger partial charge in [0, 0.05) is 19.8 Å². The van der Waals surface area contributed by atoms with Crippen LogP contribution in [0.2, 0.25) is 5.15 Å². The lowest BCUT2D eigenvalue weighted by molar-refractivity contribution is 0.0166. The van der Waals surface area contributed by atoms with Crippen LogP contribution in [0.15, 0.2) is 30.3 Å². The lowest BCUT2D eigenvalue weighted by atomic mass is 10.2. The van der Waals surface area contributed by atoms with Crippen LogP contribution in [0.3, 0.4) is 0 Å². The van der Waals surface area contributed by atoms with Crippen molar-refractivity contribution in [3.8, 4) is 0 Å². The van der Waals surface area contributed by atoms with Crippen molar-refractivity contribution in [1.29, 1.82) is 0 Å². The molecule has 27 heavy (non-hydrogen) atoms. The number of rotatable bonds is 9. The average molecular weight is 392 g/mol. The fraction of sp³-hybridized carbons (Fsp3) is 0.500. The van der Waals surface area contributed by atoms with E-state index in [2.05, 4.69) is 10.4 Å². The lowest BCUT2D eigenvalue weighted by Crippen LogP contribution is -2.26. The summed E-state index contributed by atoms with van der Waals surface area (Å²) >= 11 is 6.41. The normalized spacial score (nSPS) is 16.6. The SMILES string of the molecule is Cc1nn(Cc2ccccc2)c(Cl)c1C(=O)NCCCOCC1CCCO1. The van der Waals surface area contributed by atoms with E-state index in [1.807, 2.05) is 30.3 Å². The third-order valence-electron chi connectivity index (χ3n) is 4.55. The van der Waals surface area contributed by atoms with Crippen molar-refractivity contribution in [3.63, 3.8) is 0 Å². The standard InChI is InChI=1S/C20H26ClN3O3/c1-15-18(19(21)24(23-15)13-16-7-3-2-4-8-16)20(25)22-10-6-11-26-14-17-9-5-12-27-17/h2-4,7-8,17H,5-6,9-14H2,1H3,(H,22,25). The van der Waals surface area contributed by atoms with Gasteiger partial charge in [0.2, 0.25) is 0 Å². The molecular weight excluding hydrogens is 366 g/mol. The summed E-state index contributed by atoms with van der Waals surface area (Å²) in [6, 6.07) is 9.90. The third-order valence-corrected chi connectivity index (χ3v) is 4.93. The molecule has 1 fully saturated rings. The Bertz CT molecular complexity index is 742. The number of carbonyl (C=O) groups is 1. The van der Waals surface area contributed by atoms with Gasteiger partial charge in [-0.3, -0.25) is 4.79 Å². The maximum Gasteiger partial charge on any atom is 0.256 e. The van der Waals surface area contributed by atoms with E-state index >= 15 is 0 Å². The molecule has 1 saturated heterocycles. The summed E-state index contributed by atoms with van der Waals surface area (Å²) in [5, 5.41) is 7.68. The van der Waals surface area contributed by atoms with Crippen molar-refractivity contribution in [1.82, 2.24) is 15.1 Å². The first-order valence-corrected chi connectivity index (χ1v) is 9.77. The van der Waals surface area contributed by atoms with E-state index in [1.165, 1.54) is 0 Å². The van der Waals surface area contributed by atoms with Gasteiger partial charge < -0.3 is 14.8 Å². The molecular formula is C20H26ClN3O3. The third kappa shape index (κ3) is 5.54. The van der Waals surface area contributed by atoms with E-state index in [4.69, 9.17) is 21.1 Å². The maximum atomic E-state index is 12.5. The van der Waals surface area contributed by atoms with Crippen LogP contribution in [-0.4, -0.2) is 48.2 Å². The number of amides is 1. The minimum absolute atomic E-state index is 0.198. The minimum Gasteiger partial charge on any atom is -0.379 e. The largest absolute Gasteiger partial charge is 0.379 e. The van der Waals surface area contributed by atoms with Gasteiger partial charge in [-0.2, -0.15) is 5.10 Å². The molecule has 0 aliphatic carbocycles. The van der Waals surface area contributed by atoms with Crippen molar-refractivity contribution in [2.45, 2.75) is 38.8 Å². The van der Waals surface area contributed by atoms with Gasteiger partial charge in [0.1, 0.15) is 5.15 Å². The van der Waals surface area contributed by atoms with Crippen LogP contribution in [0.5, 0.6) is 0 Å². The number of hydrogen-bond donors (Lipinski definition) is 1. The van der Waals surface area contributed by atoms with Crippen LogP contribution in [0, 0.1) is 6.92 Å². The fourth-order valence-electron chi connectivity index (χ4n) is 3.13. The summed E-state index contributed by atoms with van der Waals surface area (Å²) in [6.07, 6.45) is 3.16. The van der Waals surface area contributed by atoms with Crippen LogP contribution in [0.25, 0.3) is 0 Å². The van der Waals surface area contributed by atoms with E-state index in [0.717, 1.165) is 31.4 Å². The Morgan fingerprint density at radius 2 is 2.22 bits per heavy atom. The predicted molar refractivity (Wildman–Crippen MR) is 104 cm³/mol. The van der Waals surface area contributed by atoms with Gasteiger partial charge in [-0.1, -0.05) is 41.9 Å². The van der Waals surface area contributed by atoms with Crippen molar-refractivity contribution >= 4 is 17.5 Å². The van der Waals surface area contributed by atoms with Crippen LogP contribution in [-0.2, 0) is 16.0 Å². The number of ether oxygens (including phenoxy) is 2. The van der Waals surface area contributed by atoms with E-state index < -0.39 is 0 Å². The van der Waals surface area contributed by atoms with E-state index in [-0.39, 0.29) is 12.0 Å². The Balaban J connectivity index is 1.45. The summed E-state index contributed by atoms with van der Waals surface area (Å²) in [4.78, 5) is 12.5. The molecule has 1 unspecified atom stereocenters. The molecule has 0 spiro atoms. The highest BCUT2D eigenvalue weighted by Gasteiger charge is 2.20. The van der Waals surface area contributed by atoms with Crippen LogP contribution in [0.1, 0.15) is 40.9 Å². The van der Waals surface area contributed by atoms with Gasteiger partial charge in [-0.15, -0.1) is 0 Å². The first-order chi connectivity index (χ1) is 13.1. The van der Waals surface area contributed by atoms with Gasteiger partial charge in [0.15, 0.2) is 0 Å². The Labute approximate surface area is 164 Å². The Morgan fingerprint density at radius 3 is 2.96 bits per heavy atom. The highest BCUT2D eigenvalue weighted by molar-refractivity contribution is 6.33. The molecule has 6 nitrogen and oxygen atoms in total. The zero-order valence-electron chi connectivity index (χ0n) is 15.6. The lowest BCUT2D eigenvalue weighted by Gasteiger charge is -2.10. The molecule has 0 radical (unpaired) electrons. The highest BCUT2D eigenvalue weighted by atomic mass is 35.5. The van der Waals surface area contributed by atoms with E-state index in [1.54, 1.807) is 11.6 Å². The second-order valence-electron chi connectivity index (χ2n) is 6.71. The first-order valence-electron chi connectivity index (χ1n) is 9.39. The smallest absolute Gasteiger partial charge is 0.256 e. The molecule has 2 heterocycles. The number of benzene rings is 1. The molecule has 1 N–H and O–H groups in total. The van der Waals surface area contributed by atoms with Crippen LogP contribution < -0.4 is 5.32 Å². The molecule has 0 bridgehead atoms. The predicted octanol–water partition coefficient (Wildman–Crippen LogP) is 3.21. The molecule has 1 aliphatic rings. The fourth-order valence-corrected chi connectivity index (χ4v) is 3.45. The number of hydrogen-bond acceptors (Lipinski definition) is 4. The number of aromatic nitrogens is 2. The number of halogens is 1. The summed E-state index contributed by atoms with van der Waals surface area (Å²) in [7, 11) is 0. The van der Waals surface area contributed by atoms with Crippen LogP contribution >= 0.6 is 11.6 Å². The monoisotopic (exact) mass is 391 g/mol. The number of nitrogens with zero attached hydrogens (tertiary/aromatic N) is 2. The quantitative estimate of drug-likeness (QED) is 0.666. The molecule has 1 aromatic carbocycles. The van der Waals surface area contributed by atoms with Crippen molar-refractivity contribution in [2.75, 3.05) is 26.4 Å². The molecule has 1 aromatic heterocycles. The Morgan fingerprint density at radius 1 is 1.41 bits per heavy atom. The van der Waals surface area contributed by atoms with Gasteiger partial charge in [-0.25, -0.2) is 4.68 Å². The van der Waals surface area contributed by atoms with E-state index in [0.29, 0.717) is 42.7 Å². The molecule has 2 aromatic rings. The topological polar surface area (TPSA) is 65.4 Å². The van der Waals surface area contributed by atoms with Gasteiger partial charge in [-0.05, 0) is 31.7 Å². The minimum atomic E-state index is -0.198. The zero-order chi connectivity index (χ0) is 19.1.